The van der Waals surface area contributed by atoms with Crippen molar-refractivity contribution < 1.29 is 4.74 Å². The van der Waals surface area contributed by atoms with Crippen LogP contribution in [0.5, 0.6) is 0 Å². The van der Waals surface area contributed by atoms with Crippen LogP contribution in [0.1, 0.15) is 45.1 Å². The van der Waals surface area contributed by atoms with Crippen LogP contribution < -0.4 is 5.32 Å². The maximum absolute atomic E-state index is 5.90. The van der Waals surface area contributed by atoms with Crippen LogP contribution in [-0.4, -0.2) is 18.8 Å². The van der Waals surface area contributed by atoms with E-state index in [0.717, 1.165) is 13.0 Å². The lowest BCUT2D eigenvalue weighted by atomic mass is 9.51. The Labute approximate surface area is 116 Å². The molecule has 1 aromatic rings. The molecule has 2 saturated carbocycles. The largest absolute Gasteiger partial charge is 0.382 e. The van der Waals surface area contributed by atoms with Gasteiger partial charge in [-0.2, -0.15) is 0 Å². The number of hydrogen-bond acceptors (Lipinski definition) is 2. The molecule has 2 unspecified atom stereocenters. The fraction of sp³-hybridized carbons (Fsp3) is 0.647. The van der Waals surface area contributed by atoms with E-state index in [4.69, 9.17) is 4.74 Å². The summed E-state index contributed by atoms with van der Waals surface area (Å²) in [6.07, 6.45) is 6.82. The number of anilines is 1. The van der Waals surface area contributed by atoms with Gasteiger partial charge < -0.3 is 10.1 Å². The van der Waals surface area contributed by atoms with Crippen LogP contribution in [0.15, 0.2) is 24.3 Å². The van der Waals surface area contributed by atoms with Gasteiger partial charge in [-0.25, -0.2) is 0 Å². The first-order valence-corrected chi connectivity index (χ1v) is 7.75. The van der Waals surface area contributed by atoms with E-state index in [1.54, 1.807) is 0 Å². The summed E-state index contributed by atoms with van der Waals surface area (Å²) in [6.45, 7) is 5.16. The average Bonchev–Trinajstić information content (AvgIpc) is 2.36. The van der Waals surface area contributed by atoms with Crippen LogP contribution >= 0.6 is 0 Å². The van der Waals surface area contributed by atoms with Gasteiger partial charge in [0, 0.05) is 23.8 Å². The van der Waals surface area contributed by atoms with Crippen molar-refractivity contribution in [3.05, 3.63) is 29.8 Å². The predicted octanol–water partition coefficient (Wildman–Crippen LogP) is 4.01. The Morgan fingerprint density at radius 1 is 1.21 bits per heavy atom. The Morgan fingerprint density at radius 3 is 2.47 bits per heavy atom. The van der Waals surface area contributed by atoms with Crippen LogP contribution in [0.2, 0.25) is 0 Å². The Balaban J connectivity index is 1.64. The summed E-state index contributed by atoms with van der Waals surface area (Å²) in [4.78, 5) is 0. The number of rotatable bonds is 5. The highest BCUT2D eigenvalue weighted by atomic mass is 16.5. The Kier molecular flexibility index (Phi) is 3.53. The first-order valence-electron chi connectivity index (χ1n) is 7.75. The SMILES string of the molecule is CCOC1CC(Nc2ccc(CC)cc2)C12CCC2. The molecular formula is C17H25NO. The van der Waals surface area contributed by atoms with Gasteiger partial charge in [-0.15, -0.1) is 0 Å². The van der Waals surface area contributed by atoms with Crippen molar-refractivity contribution >= 4 is 5.69 Å². The van der Waals surface area contributed by atoms with Gasteiger partial charge in [-0.1, -0.05) is 25.5 Å². The number of nitrogens with one attached hydrogen (secondary N) is 1. The molecule has 1 N–H and O–H groups in total. The molecular weight excluding hydrogens is 234 g/mol. The number of benzene rings is 1. The van der Waals surface area contributed by atoms with Crippen LogP contribution in [0.3, 0.4) is 0 Å². The molecule has 19 heavy (non-hydrogen) atoms. The average molecular weight is 259 g/mol. The highest BCUT2D eigenvalue weighted by Crippen LogP contribution is 2.58. The molecule has 0 aliphatic heterocycles. The molecule has 0 aromatic heterocycles. The van der Waals surface area contributed by atoms with Crippen molar-refractivity contribution in [3.63, 3.8) is 0 Å². The van der Waals surface area contributed by atoms with E-state index in [-0.39, 0.29) is 0 Å². The van der Waals surface area contributed by atoms with Gasteiger partial charge in [0.25, 0.3) is 0 Å². The molecule has 0 radical (unpaired) electrons. The maximum atomic E-state index is 5.90. The molecule has 1 spiro atoms. The molecule has 2 aliphatic rings. The smallest absolute Gasteiger partial charge is 0.0670 e. The first kappa shape index (κ1) is 13.0. The summed E-state index contributed by atoms with van der Waals surface area (Å²) in [5.41, 5.74) is 3.12. The molecule has 0 saturated heterocycles. The molecule has 3 rings (SSSR count). The Hall–Kier alpha value is -1.02. The quantitative estimate of drug-likeness (QED) is 0.862. The van der Waals surface area contributed by atoms with E-state index in [1.165, 1.54) is 36.9 Å². The van der Waals surface area contributed by atoms with E-state index in [9.17, 15) is 0 Å². The van der Waals surface area contributed by atoms with Crippen molar-refractivity contribution in [2.75, 3.05) is 11.9 Å². The zero-order valence-corrected chi connectivity index (χ0v) is 12.1. The summed E-state index contributed by atoms with van der Waals surface area (Å²) >= 11 is 0. The van der Waals surface area contributed by atoms with E-state index < -0.39 is 0 Å². The molecule has 2 aliphatic carbocycles. The minimum Gasteiger partial charge on any atom is -0.382 e. The monoisotopic (exact) mass is 259 g/mol. The fourth-order valence-corrected chi connectivity index (χ4v) is 3.68. The highest BCUT2D eigenvalue weighted by Gasteiger charge is 2.58. The summed E-state index contributed by atoms with van der Waals surface area (Å²) in [7, 11) is 0. The van der Waals surface area contributed by atoms with Crippen molar-refractivity contribution in [3.8, 4) is 0 Å². The molecule has 2 nitrogen and oxygen atoms in total. The second kappa shape index (κ2) is 5.16. The molecule has 1 aromatic carbocycles. The lowest BCUT2D eigenvalue weighted by molar-refractivity contribution is -0.157. The molecule has 2 atom stereocenters. The minimum absolute atomic E-state index is 0.444. The van der Waals surface area contributed by atoms with Crippen molar-refractivity contribution in [2.24, 2.45) is 5.41 Å². The summed E-state index contributed by atoms with van der Waals surface area (Å²) in [5, 5.41) is 3.73. The predicted molar refractivity (Wildman–Crippen MR) is 79.5 cm³/mol. The zero-order chi connectivity index (χ0) is 13.3. The van der Waals surface area contributed by atoms with Crippen LogP contribution in [-0.2, 0) is 11.2 Å². The zero-order valence-electron chi connectivity index (χ0n) is 12.1. The summed E-state index contributed by atoms with van der Waals surface area (Å²) in [6, 6.07) is 9.52. The van der Waals surface area contributed by atoms with Crippen LogP contribution in [0.4, 0.5) is 5.69 Å². The van der Waals surface area contributed by atoms with E-state index >= 15 is 0 Å². The lowest BCUT2D eigenvalue weighted by Gasteiger charge is -2.61. The molecule has 0 amide bonds. The Bertz CT molecular complexity index is 421. The Morgan fingerprint density at radius 2 is 1.95 bits per heavy atom. The van der Waals surface area contributed by atoms with E-state index in [1.807, 2.05) is 0 Å². The van der Waals surface area contributed by atoms with Gasteiger partial charge in [0.05, 0.1) is 6.10 Å². The van der Waals surface area contributed by atoms with E-state index in [2.05, 4.69) is 43.4 Å². The number of ether oxygens (including phenoxy) is 1. The lowest BCUT2D eigenvalue weighted by Crippen LogP contribution is -2.64. The van der Waals surface area contributed by atoms with Gasteiger partial charge >= 0.3 is 0 Å². The van der Waals surface area contributed by atoms with E-state index in [0.29, 0.717) is 17.6 Å². The second-order valence-electron chi connectivity index (χ2n) is 6.01. The van der Waals surface area contributed by atoms with Crippen molar-refractivity contribution in [1.29, 1.82) is 0 Å². The summed E-state index contributed by atoms with van der Waals surface area (Å²) < 4.78 is 5.90. The summed E-state index contributed by atoms with van der Waals surface area (Å²) in [5.74, 6) is 0. The molecule has 104 valence electrons. The molecule has 2 fully saturated rings. The highest BCUT2D eigenvalue weighted by molar-refractivity contribution is 5.47. The van der Waals surface area contributed by atoms with Gasteiger partial charge in [-0.05, 0) is 50.3 Å². The molecule has 0 heterocycles. The molecule has 2 heteroatoms. The number of hydrogen-bond donors (Lipinski definition) is 1. The topological polar surface area (TPSA) is 21.3 Å². The minimum atomic E-state index is 0.444. The third-order valence-electron chi connectivity index (χ3n) is 5.14. The van der Waals surface area contributed by atoms with Gasteiger partial charge in [-0.3, -0.25) is 0 Å². The van der Waals surface area contributed by atoms with Gasteiger partial charge in [0.15, 0.2) is 0 Å². The van der Waals surface area contributed by atoms with Crippen molar-refractivity contribution in [1.82, 2.24) is 0 Å². The maximum Gasteiger partial charge on any atom is 0.0670 e. The standard InChI is InChI=1S/C17H25NO/c1-3-13-6-8-14(9-7-13)18-15-12-16(19-4-2)17(15)10-5-11-17/h6-9,15-16,18H,3-5,10-12H2,1-2H3. The number of aryl methyl sites for hydroxylation is 1. The third kappa shape index (κ3) is 2.16. The first-order chi connectivity index (χ1) is 9.28. The fourth-order valence-electron chi connectivity index (χ4n) is 3.68. The normalized spacial score (nSPS) is 27.7. The molecule has 0 bridgehead atoms. The van der Waals surface area contributed by atoms with Crippen molar-refractivity contribution in [2.45, 2.75) is 58.1 Å². The second-order valence-corrected chi connectivity index (χ2v) is 6.01. The van der Waals surface area contributed by atoms with Crippen LogP contribution in [0.25, 0.3) is 0 Å². The van der Waals surface area contributed by atoms with Gasteiger partial charge in [0.2, 0.25) is 0 Å². The van der Waals surface area contributed by atoms with Crippen LogP contribution in [0, 0.1) is 5.41 Å². The third-order valence-corrected chi connectivity index (χ3v) is 5.14. The van der Waals surface area contributed by atoms with Gasteiger partial charge in [0.1, 0.15) is 0 Å².